The molecule has 1 fully saturated rings. The zero-order valence-electron chi connectivity index (χ0n) is 16.1. The summed E-state index contributed by atoms with van der Waals surface area (Å²) in [5.74, 6) is 0.867. The number of nitrogens with one attached hydrogen (secondary N) is 2. The summed E-state index contributed by atoms with van der Waals surface area (Å²) in [7, 11) is 1.82. The lowest BCUT2D eigenvalue weighted by atomic mass is 10.1. The predicted molar refractivity (Wildman–Crippen MR) is 119 cm³/mol. The molecule has 1 unspecified atom stereocenters. The Morgan fingerprint density at radius 3 is 2.69 bits per heavy atom. The van der Waals surface area contributed by atoms with Crippen LogP contribution in [-0.2, 0) is 15.9 Å². The topological polar surface area (TPSA) is 54.9 Å². The van der Waals surface area contributed by atoms with Crippen LogP contribution in [0.25, 0.3) is 0 Å². The second kappa shape index (κ2) is 14.2. The molecule has 1 aliphatic heterocycles. The van der Waals surface area contributed by atoms with Gasteiger partial charge in [0.1, 0.15) is 0 Å². The van der Waals surface area contributed by atoms with Crippen molar-refractivity contribution in [2.75, 3.05) is 33.4 Å². The van der Waals surface area contributed by atoms with Gasteiger partial charge in [0.2, 0.25) is 0 Å². The summed E-state index contributed by atoms with van der Waals surface area (Å²) < 4.78 is 11.2. The van der Waals surface area contributed by atoms with Crippen molar-refractivity contribution in [1.82, 2.24) is 10.6 Å². The van der Waals surface area contributed by atoms with E-state index in [0.29, 0.717) is 12.1 Å². The van der Waals surface area contributed by atoms with Crippen molar-refractivity contribution in [2.45, 2.75) is 51.2 Å². The number of aliphatic imine (C=N–C) groups is 1. The molecular weight excluding hydrogens is 441 g/mol. The first-order valence-corrected chi connectivity index (χ1v) is 9.48. The van der Waals surface area contributed by atoms with Crippen LogP contribution < -0.4 is 10.6 Å². The van der Waals surface area contributed by atoms with E-state index in [2.05, 4.69) is 52.9 Å². The SMILES string of the molecule is CN=C(NCCCOC1CCOCC1)NC(C)CCc1ccccc1.I. The lowest BCUT2D eigenvalue weighted by Crippen LogP contribution is -2.42. The highest BCUT2D eigenvalue weighted by atomic mass is 127. The molecule has 1 aromatic rings. The fourth-order valence-corrected chi connectivity index (χ4v) is 2.90. The Labute approximate surface area is 175 Å². The lowest BCUT2D eigenvalue weighted by molar-refractivity contribution is -0.0320. The van der Waals surface area contributed by atoms with Gasteiger partial charge in [-0.1, -0.05) is 30.3 Å². The van der Waals surface area contributed by atoms with Gasteiger partial charge in [-0.3, -0.25) is 4.99 Å². The molecule has 0 saturated carbocycles. The van der Waals surface area contributed by atoms with Gasteiger partial charge in [-0.2, -0.15) is 0 Å². The first-order chi connectivity index (χ1) is 12.3. The molecule has 1 aromatic carbocycles. The number of nitrogens with zero attached hydrogens (tertiary/aromatic N) is 1. The molecule has 0 bridgehead atoms. The maximum Gasteiger partial charge on any atom is 0.191 e. The molecule has 0 aromatic heterocycles. The van der Waals surface area contributed by atoms with Crippen molar-refractivity contribution < 1.29 is 9.47 Å². The number of hydrogen-bond donors (Lipinski definition) is 2. The highest BCUT2D eigenvalue weighted by Crippen LogP contribution is 2.10. The van der Waals surface area contributed by atoms with E-state index in [9.17, 15) is 0 Å². The fourth-order valence-electron chi connectivity index (χ4n) is 2.90. The maximum absolute atomic E-state index is 5.89. The summed E-state index contributed by atoms with van der Waals surface area (Å²) in [5, 5.41) is 6.83. The van der Waals surface area contributed by atoms with Gasteiger partial charge in [-0.05, 0) is 44.6 Å². The highest BCUT2D eigenvalue weighted by Gasteiger charge is 2.13. The molecule has 1 saturated heterocycles. The second-order valence-corrected chi connectivity index (χ2v) is 6.60. The van der Waals surface area contributed by atoms with E-state index in [-0.39, 0.29) is 24.0 Å². The van der Waals surface area contributed by atoms with Crippen LogP contribution in [0.3, 0.4) is 0 Å². The van der Waals surface area contributed by atoms with Gasteiger partial charge in [-0.25, -0.2) is 0 Å². The van der Waals surface area contributed by atoms with Gasteiger partial charge in [0, 0.05) is 39.5 Å². The average molecular weight is 475 g/mol. The Bertz CT molecular complexity index is 493. The van der Waals surface area contributed by atoms with Crippen molar-refractivity contribution in [3.8, 4) is 0 Å². The second-order valence-electron chi connectivity index (χ2n) is 6.60. The molecule has 0 amide bonds. The third-order valence-electron chi connectivity index (χ3n) is 4.45. The van der Waals surface area contributed by atoms with E-state index in [4.69, 9.17) is 9.47 Å². The Morgan fingerprint density at radius 1 is 1.27 bits per heavy atom. The van der Waals surface area contributed by atoms with Gasteiger partial charge in [0.15, 0.2) is 5.96 Å². The number of rotatable bonds is 9. The first-order valence-electron chi connectivity index (χ1n) is 9.48. The molecule has 6 heteroatoms. The standard InChI is InChI=1S/C20H33N3O2.HI/c1-17(9-10-18-7-4-3-5-8-18)23-20(21-2)22-13-6-14-25-19-11-15-24-16-12-19;/h3-5,7-8,17,19H,6,9-16H2,1-2H3,(H2,21,22,23);1H. The lowest BCUT2D eigenvalue weighted by Gasteiger charge is -2.22. The fraction of sp³-hybridized carbons (Fsp3) is 0.650. The first kappa shape index (κ1) is 23.2. The van der Waals surface area contributed by atoms with Gasteiger partial charge >= 0.3 is 0 Å². The van der Waals surface area contributed by atoms with E-state index < -0.39 is 0 Å². The Kier molecular flexibility index (Phi) is 12.7. The quantitative estimate of drug-likeness (QED) is 0.249. The zero-order chi connectivity index (χ0) is 17.7. The Morgan fingerprint density at radius 2 is 2.00 bits per heavy atom. The van der Waals surface area contributed by atoms with E-state index in [1.807, 2.05) is 7.05 Å². The van der Waals surface area contributed by atoms with Gasteiger partial charge in [-0.15, -0.1) is 24.0 Å². The molecule has 1 heterocycles. The van der Waals surface area contributed by atoms with Crippen molar-refractivity contribution in [3.63, 3.8) is 0 Å². The Hall–Kier alpha value is -0.860. The predicted octanol–water partition coefficient (Wildman–Crippen LogP) is 3.38. The maximum atomic E-state index is 5.89. The van der Waals surface area contributed by atoms with Crippen LogP contribution in [0.1, 0.15) is 38.2 Å². The smallest absolute Gasteiger partial charge is 0.191 e. The van der Waals surface area contributed by atoms with Gasteiger partial charge in [0.05, 0.1) is 6.10 Å². The molecule has 0 aliphatic carbocycles. The van der Waals surface area contributed by atoms with Crippen molar-refractivity contribution in [2.24, 2.45) is 4.99 Å². The third-order valence-corrected chi connectivity index (χ3v) is 4.45. The summed E-state index contributed by atoms with van der Waals surface area (Å²) in [4.78, 5) is 4.31. The molecule has 2 N–H and O–H groups in total. The number of hydrogen-bond acceptors (Lipinski definition) is 3. The summed E-state index contributed by atoms with van der Waals surface area (Å²) in [5.41, 5.74) is 1.38. The number of benzene rings is 1. The normalized spacial score (nSPS) is 16.6. The third kappa shape index (κ3) is 9.73. The summed E-state index contributed by atoms with van der Waals surface area (Å²) in [6.07, 6.45) is 5.56. The van der Waals surface area contributed by atoms with Crippen molar-refractivity contribution >= 4 is 29.9 Å². The molecule has 1 aliphatic rings. The van der Waals surface area contributed by atoms with E-state index >= 15 is 0 Å². The zero-order valence-corrected chi connectivity index (χ0v) is 18.4. The molecule has 0 radical (unpaired) electrons. The highest BCUT2D eigenvalue weighted by molar-refractivity contribution is 14.0. The Balaban J connectivity index is 0.00000338. The van der Waals surface area contributed by atoms with Crippen LogP contribution in [0.4, 0.5) is 0 Å². The minimum atomic E-state index is 0. The van der Waals surface area contributed by atoms with E-state index in [1.54, 1.807) is 0 Å². The molecule has 5 nitrogen and oxygen atoms in total. The van der Waals surface area contributed by atoms with Crippen LogP contribution in [0.15, 0.2) is 35.3 Å². The van der Waals surface area contributed by atoms with Crippen LogP contribution in [0.2, 0.25) is 0 Å². The molecule has 1 atom stereocenters. The van der Waals surface area contributed by atoms with Gasteiger partial charge < -0.3 is 20.1 Å². The van der Waals surface area contributed by atoms with Crippen LogP contribution >= 0.6 is 24.0 Å². The molecule has 2 rings (SSSR count). The minimum Gasteiger partial charge on any atom is -0.381 e. The molecule has 148 valence electrons. The van der Waals surface area contributed by atoms with E-state index in [1.165, 1.54) is 5.56 Å². The largest absolute Gasteiger partial charge is 0.381 e. The minimum absolute atomic E-state index is 0. The molecular formula is C20H34IN3O2. The number of halogens is 1. The molecule has 26 heavy (non-hydrogen) atoms. The molecule has 0 spiro atoms. The number of guanidine groups is 1. The average Bonchev–Trinajstić information content (AvgIpc) is 2.67. The monoisotopic (exact) mass is 475 g/mol. The number of ether oxygens (including phenoxy) is 2. The van der Waals surface area contributed by atoms with Crippen LogP contribution in [0.5, 0.6) is 0 Å². The van der Waals surface area contributed by atoms with Crippen LogP contribution in [0, 0.1) is 0 Å². The summed E-state index contributed by atoms with van der Waals surface area (Å²) >= 11 is 0. The summed E-state index contributed by atoms with van der Waals surface area (Å²) in [6, 6.07) is 11.0. The van der Waals surface area contributed by atoms with Crippen molar-refractivity contribution in [3.05, 3.63) is 35.9 Å². The van der Waals surface area contributed by atoms with Crippen LogP contribution in [-0.4, -0.2) is 51.5 Å². The van der Waals surface area contributed by atoms with Gasteiger partial charge in [0.25, 0.3) is 0 Å². The number of aryl methyl sites for hydroxylation is 1. The summed E-state index contributed by atoms with van der Waals surface area (Å²) in [6.45, 7) is 5.53. The van der Waals surface area contributed by atoms with Crippen molar-refractivity contribution in [1.29, 1.82) is 0 Å². The van der Waals surface area contributed by atoms with E-state index in [0.717, 1.165) is 64.4 Å².